The van der Waals surface area contributed by atoms with E-state index in [1.54, 1.807) is 0 Å². The van der Waals surface area contributed by atoms with E-state index in [9.17, 15) is 19.5 Å². The maximum Gasteiger partial charge on any atom is 0.328 e. The first-order chi connectivity index (χ1) is 10.5. The van der Waals surface area contributed by atoms with Gasteiger partial charge in [-0.15, -0.1) is 0 Å². The van der Waals surface area contributed by atoms with E-state index >= 15 is 0 Å². The van der Waals surface area contributed by atoms with Crippen LogP contribution in [0.5, 0.6) is 5.75 Å². The molecule has 1 aliphatic carbocycles. The second kappa shape index (κ2) is 7.06. The molecule has 0 spiro atoms. The van der Waals surface area contributed by atoms with Crippen molar-refractivity contribution in [3.63, 3.8) is 0 Å². The van der Waals surface area contributed by atoms with Crippen molar-refractivity contribution in [1.82, 2.24) is 5.32 Å². The summed E-state index contributed by atoms with van der Waals surface area (Å²) in [5.41, 5.74) is 0.328. The predicted molar refractivity (Wildman–Crippen MR) is 78.3 cm³/mol. The third-order valence-electron chi connectivity index (χ3n) is 3.86. The van der Waals surface area contributed by atoms with Crippen molar-refractivity contribution in [2.75, 3.05) is 7.11 Å². The first-order valence-corrected chi connectivity index (χ1v) is 7.20. The van der Waals surface area contributed by atoms with Crippen LogP contribution in [-0.2, 0) is 14.3 Å². The number of esters is 1. The average Bonchev–Trinajstić information content (AvgIpc) is 2.52. The van der Waals surface area contributed by atoms with Crippen LogP contribution in [0.25, 0.3) is 0 Å². The number of aromatic hydroxyl groups is 1. The number of Topliss-reactive ketones (excluding diaryl/α,β-unsaturated/α-hetero) is 1. The highest BCUT2D eigenvalue weighted by Gasteiger charge is 2.34. The Morgan fingerprint density at radius 3 is 2.59 bits per heavy atom. The van der Waals surface area contributed by atoms with Crippen LogP contribution in [0, 0.1) is 5.92 Å². The van der Waals surface area contributed by atoms with Crippen LogP contribution in [0.2, 0.25) is 0 Å². The Hall–Kier alpha value is -2.37. The lowest BCUT2D eigenvalue weighted by Gasteiger charge is -2.28. The SMILES string of the molecule is COC(=O)[C@H](NC(=O)c1ccc(O)cc1)[C@@H]1CCCC(=O)C1. The van der Waals surface area contributed by atoms with Crippen LogP contribution < -0.4 is 5.32 Å². The molecule has 0 unspecified atom stereocenters. The maximum absolute atomic E-state index is 12.2. The minimum absolute atomic E-state index is 0.0546. The van der Waals surface area contributed by atoms with Crippen LogP contribution >= 0.6 is 0 Å². The number of nitrogens with one attached hydrogen (secondary N) is 1. The summed E-state index contributed by atoms with van der Waals surface area (Å²) in [4.78, 5) is 35.8. The van der Waals surface area contributed by atoms with Crippen molar-refractivity contribution in [2.24, 2.45) is 5.92 Å². The van der Waals surface area contributed by atoms with E-state index in [0.29, 0.717) is 24.8 Å². The van der Waals surface area contributed by atoms with Crippen molar-refractivity contribution in [3.8, 4) is 5.75 Å². The Morgan fingerprint density at radius 1 is 1.32 bits per heavy atom. The molecule has 1 aliphatic rings. The maximum atomic E-state index is 12.2. The molecule has 1 fully saturated rings. The molecule has 118 valence electrons. The van der Waals surface area contributed by atoms with Gasteiger partial charge in [-0.05, 0) is 43.0 Å². The number of amides is 1. The quantitative estimate of drug-likeness (QED) is 0.821. The van der Waals surface area contributed by atoms with E-state index in [2.05, 4.69) is 5.32 Å². The summed E-state index contributed by atoms with van der Waals surface area (Å²) in [6, 6.07) is 4.88. The fourth-order valence-electron chi connectivity index (χ4n) is 2.68. The van der Waals surface area contributed by atoms with Crippen LogP contribution in [0.4, 0.5) is 0 Å². The van der Waals surface area contributed by atoms with Gasteiger partial charge in [-0.2, -0.15) is 0 Å². The number of hydrogen-bond acceptors (Lipinski definition) is 5. The number of ether oxygens (including phenoxy) is 1. The minimum atomic E-state index is -0.837. The summed E-state index contributed by atoms with van der Waals surface area (Å²) >= 11 is 0. The number of phenolic OH excluding ortho intramolecular Hbond substituents is 1. The molecule has 22 heavy (non-hydrogen) atoms. The average molecular weight is 305 g/mol. The fraction of sp³-hybridized carbons (Fsp3) is 0.438. The van der Waals surface area contributed by atoms with Gasteiger partial charge in [0.25, 0.3) is 5.91 Å². The molecular weight excluding hydrogens is 286 g/mol. The number of phenols is 1. The number of benzene rings is 1. The Morgan fingerprint density at radius 2 is 2.00 bits per heavy atom. The van der Waals surface area contributed by atoms with E-state index in [-0.39, 0.29) is 23.9 Å². The smallest absolute Gasteiger partial charge is 0.328 e. The summed E-state index contributed by atoms with van der Waals surface area (Å²) in [5.74, 6) is -1.07. The highest BCUT2D eigenvalue weighted by atomic mass is 16.5. The molecule has 2 atom stereocenters. The molecule has 1 saturated carbocycles. The fourth-order valence-corrected chi connectivity index (χ4v) is 2.68. The Labute approximate surface area is 128 Å². The third-order valence-corrected chi connectivity index (χ3v) is 3.86. The highest BCUT2D eigenvalue weighted by Crippen LogP contribution is 2.25. The molecule has 0 saturated heterocycles. The van der Waals surface area contributed by atoms with E-state index < -0.39 is 17.9 Å². The van der Waals surface area contributed by atoms with Crippen LogP contribution in [-0.4, -0.2) is 35.9 Å². The summed E-state index contributed by atoms with van der Waals surface area (Å²) in [6.45, 7) is 0. The van der Waals surface area contributed by atoms with Gasteiger partial charge in [-0.25, -0.2) is 4.79 Å². The Kier molecular flexibility index (Phi) is 5.14. The van der Waals surface area contributed by atoms with Gasteiger partial charge in [0, 0.05) is 18.4 Å². The van der Waals surface area contributed by atoms with Gasteiger partial charge in [0.15, 0.2) is 0 Å². The van der Waals surface area contributed by atoms with Gasteiger partial charge in [-0.3, -0.25) is 9.59 Å². The summed E-state index contributed by atoms with van der Waals surface area (Å²) in [6.07, 6.45) is 2.21. The van der Waals surface area contributed by atoms with Gasteiger partial charge in [0.05, 0.1) is 7.11 Å². The molecule has 0 heterocycles. The largest absolute Gasteiger partial charge is 0.508 e. The standard InChI is InChI=1S/C16H19NO5/c1-22-16(21)14(11-3-2-4-13(19)9-11)17-15(20)10-5-7-12(18)8-6-10/h5-8,11,14,18H,2-4,9H2,1H3,(H,17,20)/t11-,14-/m1/s1. The van der Waals surface area contributed by atoms with E-state index in [4.69, 9.17) is 4.74 Å². The topological polar surface area (TPSA) is 92.7 Å². The summed E-state index contributed by atoms with van der Waals surface area (Å²) in [7, 11) is 1.26. The molecule has 6 heteroatoms. The molecule has 1 amide bonds. The van der Waals surface area contributed by atoms with Gasteiger partial charge in [-0.1, -0.05) is 0 Å². The summed E-state index contributed by atoms with van der Waals surface area (Å²) < 4.78 is 4.75. The third kappa shape index (κ3) is 3.84. The van der Waals surface area contributed by atoms with E-state index in [1.807, 2.05) is 0 Å². The number of carbonyl (C=O) groups is 3. The molecule has 0 bridgehead atoms. The second-order valence-corrected chi connectivity index (χ2v) is 5.42. The molecular formula is C16H19NO5. The molecule has 1 aromatic carbocycles. The van der Waals surface area contributed by atoms with Crippen LogP contribution in [0.3, 0.4) is 0 Å². The first kappa shape index (κ1) is 16.0. The number of hydrogen-bond donors (Lipinski definition) is 2. The lowest BCUT2D eigenvalue weighted by atomic mass is 9.83. The van der Waals surface area contributed by atoms with Gasteiger partial charge in [0.1, 0.15) is 17.6 Å². The Balaban J connectivity index is 2.12. The van der Waals surface area contributed by atoms with Crippen LogP contribution in [0.1, 0.15) is 36.0 Å². The molecule has 0 radical (unpaired) electrons. The Bertz CT molecular complexity index is 566. The van der Waals surface area contributed by atoms with E-state index in [0.717, 1.165) is 0 Å². The van der Waals surface area contributed by atoms with Gasteiger partial charge < -0.3 is 15.2 Å². The normalized spacial score (nSPS) is 19.3. The molecule has 0 aromatic heterocycles. The molecule has 2 N–H and O–H groups in total. The van der Waals surface area contributed by atoms with Crippen molar-refractivity contribution in [3.05, 3.63) is 29.8 Å². The number of rotatable bonds is 4. The van der Waals surface area contributed by atoms with Crippen molar-refractivity contribution in [2.45, 2.75) is 31.7 Å². The zero-order valence-electron chi connectivity index (χ0n) is 12.4. The molecule has 0 aliphatic heterocycles. The molecule has 2 rings (SSSR count). The summed E-state index contributed by atoms with van der Waals surface area (Å²) in [5, 5.41) is 11.9. The zero-order chi connectivity index (χ0) is 16.1. The molecule has 6 nitrogen and oxygen atoms in total. The van der Waals surface area contributed by atoms with Crippen LogP contribution in [0.15, 0.2) is 24.3 Å². The zero-order valence-corrected chi connectivity index (χ0v) is 12.4. The minimum Gasteiger partial charge on any atom is -0.508 e. The van der Waals surface area contributed by atoms with Crippen molar-refractivity contribution >= 4 is 17.7 Å². The molecule has 1 aromatic rings. The van der Waals surface area contributed by atoms with Gasteiger partial charge >= 0.3 is 5.97 Å². The van der Waals surface area contributed by atoms with Crippen molar-refractivity contribution in [1.29, 1.82) is 0 Å². The lowest BCUT2D eigenvalue weighted by molar-refractivity contribution is -0.145. The van der Waals surface area contributed by atoms with Gasteiger partial charge in [0.2, 0.25) is 0 Å². The lowest BCUT2D eigenvalue weighted by Crippen LogP contribution is -2.48. The number of carbonyl (C=O) groups excluding carboxylic acids is 3. The number of ketones is 1. The highest BCUT2D eigenvalue weighted by molar-refractivity contribution is 5.97. The number of methoxy groups -OCH3 is 1. The predicted octanol–water partition coefficient (Wildman–Crippen LogP) is 1.42. The first-order valence-electron chi connectivity index (χ1n) is 7.20. The van der Waals surface area contributed by atoms with E-state index in [1.165, 1.54) is 31.4 Å². The second-order valence-electron chi connectivity index (χ2n) is 5.42. The monoisotopic (exact) mass is 305 g/mol. The van der Waals surface area contributed by atoms with Crippen molar-refractivity contribution < 1.29 is 24.2 Å².